The molecule has 0 amide bonds. The molecule has 0 bridgehead atoms. The molecular formula is C20H25ClFNO. The standard InChI is InChI=1S/C20H24FNO.ClH/c1-4-10-22(2)18-12-15-11-17(21)19(23-3)13-16(15)20(18)14-8-6-5-7-9-14;/h5-9,11,13,18,20H,4,10,12H2,1-3H3;1H/t18-,20-;/m1./s1. The molecule has 24 heavy (non-hydrogen) atoms. The summed E-state index contributed by atoms with van der Waals surface area (Å²) in [6.45, 7) is 3.24. The Balaban J connectivity index is 0.00000208. The Bertz CT molecular complexity index is 677. The largest absolute Gasteiger partial charge is 0.494 e. The summed E-state index contributed by atoms with van der Waals surface area (Å²) >= 11 is 0. The van der Waals surface area contributed by atoms with Crippen molar-refractivity contribution in [2.24, 2.45) is 0 Å². The van der Waals surface area contributed by atoms with Crippen LogP contribution < -0.4 is 4.74 Å². The molecule has 2 aromatic carbocycles. The summed E-state index contributed by atoms with van der Waals surface area (Å²) in [5.41, 5.74) is 3.58. The molecule has 0 aliphatic heterocycles. The molecule has 0 fully saturated rings. The molecule has 1 aliphatic carbocycles. The maximum absolute atomic E-state index is 14.1. The second-order valence-corrected chi connectivity index (χ2v) is 6.33. The molecule has 3 rings (SSSR count). The van der Waals surface area contributed by atoms with Crippen molar-refractivity contribution in [3.8, 4) is 5.75 Å². The zero-order chi connectivity index (χ0) is 16.4. The lowest BCUT2D eigenvalue weighted by molar-refractivity contribution is 0.233. The lowest BCUT2D eigenvalue weighted by Gasteiger charge is -2.30. The van der Waals surface area contributed by atoms with Gasteiger partial charge in [0.05, 0.1) is 7.11 Å². The molecule has 0 aromatic heterocycles. The third kappa shape index (κ3) is 3.42. The predicted octanol–water partition coefficient (Wildman–Crippen LogP) is 4.65. The highest BCUT2D eigenvalue weighted by atomic mass is 35.5. The molecule has 2 aromatic rings. The van der Waals surface area contributed by atoms with E-state index in [0.717, 1.165) is 24.9 Å². The van der Waals surface area contributed by atoms with E-state index in [-0.39, 0.29) is 24.1 Å². The van der Waals surface area contributed by atoms with Crippen molar-refractivity contribution in [2.45, 2.75) is 31.7 Å². The molecule has 2 nitrogen and oxygen atoms in total. The summed E-state index contributed by atoms with van der Waals surface area (Å²) in [4.78, 5) is 2.40. The molecule has 0 heterocycles. The molecular weight excluding hydrogens is 325 g/mol. The second-order valence-electron chi connectivity index (χ2n) is 6.33. The molecule has 0 spiro atoms. The van der Waals surface area contributed by atoms with Crippen LogP contribution in [0.5, 0.6) is 5.75 Å². The minimum Gasteiger partial charge on any atom is -0.494 e. The van der Waals surface area contributed by atoms with Crippen molar-refractivity contribution >= 4 is 12.4 Å². The molecule has 4 heteroatoms. The zero-order valence-electron chi connectivity index (χ0n) is 14.5. The molecule has 0 saturated carbocycles. The summed E-state index contributed by atoms with van der Waals surface area (Å²) in [6, 6.07) is 14.4. The molecule has 0 saturated heterocycles. The van der Waals surface area contributed by atoms with Crippen LogP contribution in [-0.4, -0.2) is 31.6 Å². The lowest BCUT2D eigenvalue weighted by Crippen LogP contribution is -2.36. The summed E-state index contributed by atoms with van der Waals surface area (Å²) < 4.78 is 19.3. The fourth-order valence-electron chi connectivity index (χ4n) is 3.77. The maximum Gasteiger partial charge on any atom is 0.165 e. The average molecular weight is 350 g/mol. The topological polar surface area (TPSA) is 12.5 Å². The molecule has 130 valence electrons. The predicted molar refractivity (Wildman–Crippen MR) is 98.9 cm³/mol. The van der Waals surface area contributed by atoms with Crippen molar-refractivity contribution in [1.82, 2.24) is 4.90 Å². The number of halogens is 2. The Morgan fingerprint density at radius 3 is 2.54 bits per heavy atom. The van der Waals surface area contributed by atoms with E-state index < -0.39 is 0 Å². The Morgan fingerprint density at radius 1 is 1.21 bits per heavy atom. The number of fused-ring (bicyclic) bond motifs is 1. The van der Waals surface area contributed by atoms with Gasteiger partial charge in [0.2, 0.25) is 0 Å². The third-order valence-electron chi connectivity index (χ3n) is 4.86. The maximum atomic E-state index is 14.1. The van der Waals surface area contributed by atoms with Crippen molar-refractivity contribution < 1.29 is 9.13 Å². The number of likely N-dealkylation sites (N-methyl/N-ethyl adjacent to an activating group) is 1. The van der Waals surface area contributed by atoms with E-state index in [1.165, 1.54) is 18.2 Å². The van der Waals surface area contributed by atoms with Crippen molar-refractivity contribution in [1.29, 1.82) is 0 Å². The first-order valence-corrected chi connectivity index (χ1v) is 8.27. The summed E-state index contributed by atoms with van der Waals surface area (Å²) in [5, 5.41) is 0. The highest BCUT2D eigenvalue weighted by Crippen LogP contribution is 2.42. The number of hydrogen-bond acceptors (Lipinski definition) is 2. The third-order valence-corrected chi connectivity index (χ3v) is 4.86. The van der Waals surface area contributed by atoms with E-state index in [1.54, 1.807) is 6.07 Å². The van der Waals surface area contributed by atoms with Crippen LogP contribution in [0.3, 0.4) is 0 Å². The molecule has 1 aliphatic rings. The van der Waals surface area contributed by atoms with Gasteiger partial charge in [0, 0.05) is 12.0 Å². The van der Waals surface area contributed by atoms with E-state index in [4.69, 9.17) is 4.74 Å². The number of methoxy groups -OCH3 is 1. The average Bonchev–Trinajstić information content (AvgIpc) is 2.93. The first-order chi connectivity index (χ1) is 11.2. The zero-order valence-corrected chi connectivity index (χ0v) is 15.3. The van der Waals surface area contributed by atoms with Gasteiger partial charge in [-0.3, -0.25) is 0 Å². The van der Waals surface area contributed by atoms with Gasteiger partial charge in [0.15, 0.2) is 11.6 Å². The van der Waals surface area contributed by atoms with E-state index >= 15 is 0 Å². The summed E-state index contributed by atoms with van der Waals surface area (Å²) in [5.74, 6) is 0.331. The molecule has 2 atom stereocenters. The highest BCUT2D eigenvalue weighted by Gasteiger charge is 2.36. The van der Waals surface area contributed by atoms with E-state index in [1.807, 2.05) is 12.1 Å². The number of nitrogens with zero attached hydrogens (tertiary/aromatic N) is 1. The van der Waals surface area contributed by atoms with E-state index in [2.05, 4.69) is 43.1 Å². The van der Waals surface area contributed by atoms with Crippen LogP contribution in [0.1, 0.15) is 36.0 Å². The van der Waals surface area contributed by atoms with Gasteiger partial charge in [-0.05, 0) is 55.3 Å². The Morgan fingerprint density at radius 2 is 1.92 bits per heavy atom. The highest BCUT2D eigenvalue weighted by molar-refractivity contribution is 5.85. The number of hydrogen-bond donors (Lipinski definition) is 0. The summed E-state index contributed by atoms with van der Waals surface area (Å²) in [7, 11) is 3.70. The van der Waals surface area contributed by atoms with Crippen LogP contribution in [0.2, 0.25) is 0 Å². The van der Waals surface area contributed by atoms with Crippen molar-refractivity contribution in [2.75, 3.05) is 20.7 Å². The van der Waals surface area contributed by atoms with Gasteiger partial charge >= 0.3 is 0 Å². The van der Waals surface area contributed by atoms with E-state index in [9.17, 15) is 4.39 Å². The van der Waals surface area contributed by atoms with Crippen molar-refractivity contribution in [3.05, 3.63) is 65.0 Å². The lowest BCUT2D eigenvalue weighted by atomic mass is 9.89. The summed E-state index contributed by atoms with van der Waals surface area (Å²) in [6.07, 6.45) is 1.99. The van der Waals surface area contributed by atoms with Gasteiger partial charge in [0.25, 0.3) is 0 Å². The quantitative estimate of drug-likeness (QED) is 0.778. The Kier molecular flexibility index (Phi) is 6.25. The van der Waals surface area contributed by atoms with Crippen LogP contribution in [0.25, 0.3) is 0 Å². The van der Waals surface area contributed by atoms with Crippen LogP contribution in [0.15, 0.2) is 42.5 Å². The van der Waals surface area contributed by atoms with Crippen molar-refractivity contribution in [3.63, 3.8) is 0 Å². The van der Waals surface area contributed by atoms with Gasteiger partial charge in [0.1, 0.15) is 0 Å². The molecule has 0 radical (unpaired) electrons. The van der Waals surface area contributed by atoms with Gasteiger partial charge in [-0.1, -0.05) is 37.3 Å². The SMILES string of the molecule is CCCN(C)[C@@H]1Cc2cc(F)c(OC)cc2[C@H]1c1ccccc1.Cl. The number of benzene rings is 2. The number of ether oxygens (including phenoxy) is 1. The second kappa shape index (κ2) is 8.00. The smallest absolute Gasteiger partial charge is 0.165 e. The first-order valence-electron chi connectivity index (χ1n) is 8.27. The van der Waals surface area contributed by atoms with Gasteiger partial charge in [-0.2, -0.15) is 0 Å². The van der Waals surface area contributed by atoms with Crippen LogP contribution >= 0.6 is 12.4 Å². The fourth-order valence-corrected chi connectivity index (χ4v) is 3.77. The van der Waals surface area contributed by atoms with Gasteiger partial charge < -0.3 is 9.64 Å². The molecule has 0 unspecified atom stereocenters. The Labute approximate surface area is 150 Å². The van der Waals surface area contributed by atoms with Gasteiger partial charge in [-0.25, -0.2) is 4.39 Å². The normalized spacial score (nSPS) is 19.0. The molecule has 0 N–H and O–H groups in total. The van der Waals surface area contributed by atoms with Crippen LogP contribution in [-0.2, 0) is 6.42 Å². The minimum absolute atomic E-state index is 0. The monoisotopic (exact) mass is 349 g/mol. The van der Waals surface area contributed by atoms with Gasteiger partial charge in [-0.15, -0.1) is 12.4 Å². The first kappa shape index (κ1) is 18.8. The van der Waals surface area contributed by atoms with Crippen LogP contribution in [0.4, 0.5) is 4.39 Å². The van der Waals surface area contributed by atoms with Crippen LogP contribution in [0, 0.1) is 5.82 Å². The fraction of sp³-hybridized carbons (Fsp3) is 0.400. The van der Waals surface area contributed by atoms with E-state index in [0.29, 0.717) is 11.8 Å². The number of rotatable bonds is 5. The Hall–Kier alpha value is -1.58. The minimum atomic E-state index is -0.267.